The van der Waals surface area contributed by atoms with Crippen LogP contribution >= 0.6 is 0 Å². The normalized spacial score (nSPS) is 13.0. The highest BCUT2D eigenvalue weighted by Gasteiger charge is 2.34. The molecule has 0 aliphatic carbocycles. The van der Waals surface area contributed by atoms with Crippen molar-refractivity contribution in [2.24, 2.45) is 5.41 Å². The van der Waals surface area contributed by atoms with Gasteiger partial charge in [0.25, 0.3) is 10.0 Å². The van der Waals surface area contributed by atoms with Crippen molar-refractivity contribution in [1.29, 1.82) is 0 Å². The summed E-state index contributed by atoms with van der Waals surface area (Å²) in [6.07, 6.45) is -4.05. The molecule has 0 spiro atoms. The van der Waals surface area contributed by atoms with Crippen LogP contribution in [0.4, 0.5) is 18.9 Å². The van der Waals surface area contributed by atoms with E-state index in [1.54, 1.807) is 19.1 Å². The van der Waals surface area contributed by atoms with Crippen molar-refractivity contribution < 1.29 is 26.4 Å². The highest BCUT2D eigenvalue weighted by Crippen LogP contribution is 2.33. The first-order valence-corrected chi connectivity index (χ1v) is 11.9. The lowest BCUT2D eigenvalue weighted by molar-refractivity contribution is -0.137. The fourth-order valence-corrected chi connectivity index (χ4v) is 5.32. The molecule has 33 heavy (non-hydrogen) atoms. The Balaban J connectivity index is 2.48. The summed E-state index contributed by atoms with van der Waals surface area (Å²) in [6, 6.07) is 9.87. The summed E-state index contributed by atoms with van der Waals surface area (Å²) in [6.45, 7) is 10.8. The number of amides is 1. The van der Waals surface area contributed by atoms with Gasteiger partial charge in [-0.05, 0) is 62.9 Å². The van der Waals surface area contributed by atoms with Gasteiger partial charge in [-0.2, -0.15) is 13.2 Å². The Morgan fingerprint density at radius 3 is 2.06 bits per heavy atom. The van der Waals surface area contributed by atoms with E-state index in [-0.39, 0.29) is 16.0 Å². The Kier molecular flexibility index (Phi) is 7.58. The number of carbonyl (C=O) groups excluding carboxylic acids is 1. The molecule has 0 bridgehead atoms. The highest BCUT2D eigenvalue weighted by molar-refractivity contribution is 7.92. The summed E-state index contributed by atoms with van der Waals surface area (Å²) in [4.78, 5) is 12.8. The number of alkyl halides is 3. The molecule has 0 aliphatic heterocycles. The minimum Gasteiger partial charge on any atom is -0.350 e. The summed E-state index contributed by atoms with van der Waals surface area (Å²) >= 11 is 0. The Hall–Kier alpha value is -2.55. The van der Waals surface area contributed by atoms with Crippen LogP contribution in [0.3, 0.4) is 0 Å². The van der Waals surface area contributed by atoms with Gasteiger partial charge in [0.1, 0.15) is 6.54 Å². The van der Waals surface area contributed by atoms with Gasteiger partial charge in [-0.15, -0.1) is 0 Å². The van der Waals surface area contributed by atoms with Gasteiger partial charge < -0.3 is 5.32 Å². The molecule has 1 N–H and O–H groups in total. The molecule has 0 heterocycles. The summed E-state index contributed by atoms with van der Waals surface area (Å²) in [5.41, 5.74) is -1.18. The van der Waals surface area contributed by atoms with Gasteiger partial charge in [-0.3, -0.25) is 9.10 Å². The van der Waals surface area contributed by atoms with Crippen molar-refractivity contribution in [2.75, 3.05) is 10.8 Å². The Labute approximate surface area is 194 Å². The van der Waals surface area contributed by atoms with E-state index in [4.69, 9.17) is 0 Å². The van der Waals surface area contributed by atoms with Crippen molar-refractivity contribution in [2.45, 2.75) is 64.6 Å². The number of nitrogens with zero attached hydrogens (tertiary/aromatic N) is 1. The first-order valence-electron chi connectivity index (χ1n) is 10.5. The SMILES string of the molecule is Cc1ccc(S(=O)(=O)N(CC(=O)NC(C)(C)CC(C)(C)C)c2cccc(C(F)(F)F)c2)cc1. The molecule has 0 radical (unpaired) electrons. The van der Waals surface area contributed by atoms with E-state index in [1.807, 2.05) is 34.6 Å². The second kappa shape index (κ2) is 9.37. The molecule has 182 valence electrons. The smallest absolute Gasteiger partial charge is 0.350 e. The maximum absolute atomic E-state index is 13.4. The number of nitrogens with one attached hydrogen (secondary N) is 1. The Morgan fingerprint density at radius 1 is 0.970 bits per heavy atom. The van der Waals surface area contributed by atoms with E-state index >= 15 is 0 Å². The predicted molar refractivity (Wildman–Crippen MR) is 123 cm³/mol. The molecule has 2 rings (SSSR count). The van der Waals surface area contributed by atoms with Crippen LogP contribution in [-0.2, 0) is 21.0 Å². The molecule has 0 saturated carbocycles. The van der Waals surface area contributed by atoms with Crippen molar-refractivity contribution in [1.82, 2.24) is 5.32 Å². The molecule has 1 amide bonds. The van der Waals surface area contributed by atoms with Crippen molar-refractivity contribution in [3.05, 3.63) is 59.7 Å². The third kappa shape index (κ3) is 7.48. The zero-order valence-corrected chi connectivity index (χ0v) is 20.6. The number of benzene rings is 2. The van der Waals surface area contributed by atoms with Crippen molar-refractivity contribution >= 4 is 21.6 Å². The van der Waals surface area contributed by atoms with Gasteiger partial charge in [0.05, 0.1) is 16.1 Å². The number of sulfonamides is 1. The zero-order chi connectivity index (χ0) is 25.2. The van der Waals surface area contributed by atoms with Crippen LogP contribution in [0, 0.1) is 12.3 Å². The van der Waals surface area contributed by atoms with Crippen LogP contribution in [0.15, 0.2) is 53.4 Å². The van der Waals surface area contributed by atoms with Crippen molar-refractivity contribution in [3.8, 4) is 0 Å². The molecule has 0 unspecified atom stereocenters. The van der Waals surface area contributed by atoms with E-state index in [2.05, 4.69) is 5.32 Å². The molecule has 2 aromatic rings. The van der Waals surface area contributed by atoms with Gasteiger partial charge in [-0.1, -0.05) is 44.5 Å². The quantitative estimate of drug-likeness (QED) is 0.561. The minimum absolute atomic E-state index is 0.106. The van der Waals surface area contributed by atoms with Crippen LogP contribution in [0.25, 0.3) is 0 Å². The first-order chi connectivity index (χ1) is 14.9. The number of hydrogen-bond acceptors (Lipinski definition) is 3. The highest BCUT2D eigenvalue weighted by atomic mass is 32.2. The summed E-state index contributed by atoms with van der Waals surface area (Å²) in [5.74, 6) is -0.614. The molecule has 9 heteroatoms. The van der Waals surface area contributed by atoms with Crippen LogP contribution in [0.1, 0.15) is 52.2 Å². The van der Waals surface area contributed by atoms with Crippen LogP contribution in [0.2, 0.25) is 0 Å². The molecule has 0 fully saturated rings. The van der Waals surface area contributed by atoms with Gasteiger partial charge >= 0.3 is 6.18 Å². The summed E-state index contributed by atoms with van der Waals surface area (Å²) in [7, 11) is -4.31. The number of rotatable bonds is 7. The molecule has 0 aromatic heterocycles. The predicted octanol–water partition coefficient (Wildman–Crippen LogP) is 5.54. The zero-order valence-electron chi connectivity index (χ0n) is 19.7. The maximum atomic E-state index is 13.4. The largest absolute Gasteiger partial charge is 0.416 e. The van der Waals surface area contributed by atoms with E-state index in [9.17, 15) is 26.4 Å². The van der Waals surface area contributed by atoms with Gasteiger partial charge in [0.2, 0.25) is 5.91 Å². The lowest BCUT2D eigenvalue weighted by Gasteiger charge is -2.34. The van der Waals surface area contributed by atoms with E-state index in [0.717, 1.165) is 28.1 Å². The molecule has 0 atom stereocenters. The monoisotopic (exact) mass is 484 g/mol. The first kappa shape index (κ1) is 26.7. The summed E-state index contributed by atoms with van der Waals surface area (Å²) in [5, 5.41) is 2.82. The van der Waals surface area contributed by atoms with Gasteiger partial charge in [0.15, 0.2) is 0 Å². The molecule has 2 aromatic carbocycles. The fraction of sp³-hybridized carbons (Fsp3) is 0.458. The average molecular weight is 485 g/mol. The lowest BCUT2D eigenvalue weighted by Crippen LogP contribution is -2.50. The maximum Gasteiger partial charge on any atom is 0.416 e. The van der Waals surface area contributed by atoms with E-state index < -0.39 is 39.8 Å². The van der Waals surface area contributed by atoms with E-state index in [1.165, 1.54) is 18.2 Å². The average Bonchev–Trinajstić information content (AvgIpc) is 2.63. The number of hydrogen-bond donors (Lipinski definition) is 1. The second-order valence-corrected chi connectivity index (χ2v) is 11.9. The Morgan fingerprint density at radius 2 is 1.55 bits per heavy atom. The number of halogens is 3. The number of aryl methyl sites for hydroxylation is 1. The van der Waals surface area contributed by atoms with E-state index in [0.29, 0.717) is 6.42 Å². The fourth-order valence-electron chi connectivity index (χ4n) is 3.91. The molecule has 0 saturated heterocycles. The van der Waals surface area contributed by atoms with Crippen LogP contribution < -0.4 is 9.62 Å². The minimum atomic E-state index is -4.66. The van der Waals surface area contributed by atoms with Crippen molar-refractivity contribution in [3.63, 3.8) is 0 Å². The molecule has 0 aliphatic rings. The second-order valence-electron chi connectivity index (χ2n) is 10.0. The van der Waals surface area contributed by atoms with Crippen LogP contribution in [-0.4, -0.2) is 26.4 Å². The molecule has 5 nitrogen and oxygen atoms in total. The molecular formula is C24H31F3N2O3S. The Bertz CT molecular complexity index is 1090. The topological polar surface area (TPSA) is 66.5 Å². The number of anilines is 1. The third-order valence-electron chi connectivity index (χ3n) is 4.81. The van der Waals surface area contributed by atoms with Gasteiger partial charge in [0, 0.05) is 5.54 Å². The number of carbonyl (C=O) groups is 1. The summed E-state index contributed by atoms with van der Waals surface area (Å²) < 4.78 is 67.4. The lowest BCUT2D eigenvalue weighted by atomic mass is 9.82. The van der Waals surface area contributed by atoms with Crippen LogP contribution in [0.5, 0.6) is 0 Å². The molecular weight excluding hydrogens is 453 g/mol. The standard InChI is InChI=1S/C24H31F3N2O3S/c1-17-10-12-20(13-11-17)33(31,32)29(19-9-7-8-18(14-19)24(25,26)27)15-21(30)28-23(5,6)16-22(2,3)4/h7-14H,15-16H2,1-6H3,(H,28,30). The third-order valence-corrected chi connectivity index (χ3v) is 6.60. The van der Waals surface area contributed by atoms with Gasteiger partial charge in [-0.25, -0.2) is 8.42 Å².